The van der Waals surface area contributed by atoms with Gasteiger partial charge >= 0.3 is 0 Å². The summed E-state index contributed by atoms with van der Waals surface area (Å²) in [6.45, 7) is 4.40. The molecule has 0 radical (unpaired) electrons. The van der Waals surface area contributed by atoms with Gasteiger partial charge in [-0.25, -0.2) is 9.97 Å². The van der Waals surface area contributed by atoms with E-state index in [1.807, 2.05) is 54.3 Å². The molecule has 6 nitrogen and oxygen atoms in total. The van der Waals surface area contributed by atoms with Gasteiger partial charge in [0.25, 0.3) is 0 Å². The average Bonchev–Trinajstić information content (AvgIpc) is 3.36. The van der Waals surface area contributed by atoms with Gasteiger partial charge in [-0.2, -0.15) is 0 Å². The smallest absolute Gasteiger partial charge is 0.222 e. The quantitative estimate of drug-likeness (QED) is 0.641. The van der Waals surface area contributed by atoms with Crippen molar-refractivity contribution in [2.75, 3.05) is 13.1 Å². The molecule has 0 bridgehead atoms. The Morgan fingerprint density at radius 1 is 1.25 bits per heavy atom. The van der Waals surface area contributed by atoms with E-state index in [0.717, 1.165) is 50.4 Å². The summed E-state index contributed by atoms with van der Waals surface area (Å²) in [7, 11) is 0. The first-order chi connectivity index (χ1) is 13.7. The molecule has 1 atom stereocenters. The number of imidazole rings is 1. The second kappa shape index (κ2) is 8.65. The zero-order valence-electron chi connectivity index (χ0n) is 16.1. The Bertz CT molecular complexity index is 920. The van der Waals surface area contributed by atoms with E-state index in [1.165, 1.54) is 10.4 Å². The van der Waals surface area contributed by atoms with Crippen LogP contribution in [0.25, 0.3) is 0 Å². The van der Waals surface area contributed by atoms with E-state index in [9.17, 15) is 4.79 Å². The van der Waals surface area contributed by atoms with E-state index in [0.29, 0.717) is 12.3 Å². The molecule has 1 amide bonds. The van der Waals surface area contributed by atoms with Gasteiger partial charge in [0.1, 0.15) is 5.82 Å². The highest BCUT2D eigenvalue weighted by molar-refractivity contribution is 7.09. The van der Waals surface area contributed by atoms with Crippen LogP contribution in [0.3, 0.4) is 0 Å². The SMILES string of the molecule is Cc1ncsc1CCC(=O)N1CCC[C@@H](c2nccn2Cc2ccncc2)C1. The minimum Gasteiger partial charge on any atom is -0.342 e. The molecule has 4 rings (SSSR count). The lowest BCUT2D eigenvalue weighted by Gasteiger charge is -2.33. The zero-order chi connectivity index (χ0) is 19.3. The van der Waals surface area contributed by atoms with Gasteiger partial charge in [0, 0.05) is 61.6 Å². The summed E-state index contributed by atoms with van der Waals surface area (Å²) in [6, 6.07) is 4.06. The molecule has 1 aliphatic rings. The molecule has 0 aromatic carbocycles. The molecule has 0 aliphatic carbocycles. The lowest BCUT2D eigenvalue weighted by atomic mass is 9.96. The maximum absolute atomic E-state index is 12.8. The maximum Gasteiger partial charge on any atom is 0.222 e. The minimum atomic E-state index is 0.240. The lowest BCUT2D eigenvalue weighted by molar-refractivity contribution is -0.132. The molecular formula is C21H25N5OS. The number of rotatable bonds is 6. The van der Waals surface area contributed by atoms with Crippen LogP contribution in [-0.2, 0) is 17.8 Å². The third kappa shape index (κ3) is 4.30. The zero-order valence-corrected chi connectivity index (χ0v) is 16.9. The maximum atomic E-state index is 12.8. The number of pyridine rings is 1. The molecule has 146 valence electrons. The van der Waals surface area contributed by atoms with E-state index in [2.05, 4.69) is 19.5 Å². The molecule has 3 aromatic heterocycles. The average molecular weight is 396 g/mol. The van der Waals surface area contributed by atoms with Crippen LogP contribution in [0, 0.1) is 6.92 Å². The van der Waals surface area contributed by atoms with Gasteiger partial charge in [-0.05, 0) is 43.9 Å². The van der Waals surface area contributed by atoms with E-state index in [4.69, 9.17) is 0 Å². The molecule has 0 spiro atoms. The summed E-state index contributed by atoms with van der Waals surface area (Å²) in [4.78, 5) is 29.0. The van der Waals surface area contributed by atoms with Gasteiger partial charge in [-0.1, -0.05) is 0 Å². The molecular weight excluding hydrogens is 370 g/mol. The van der Waals surface area contributed by atoms with Crippen molar-refractivity contribution in [3.8, 4) is 0 Å². The first-order valence-corrected chi connectivity index (χ1v) is 10.7. The molecule has 28 heavy (non-hydrogen) atoms. The van der Waals surface area contributed by atoms with Crippen LogP contribution in [0.4, 0.5) is 0 Å². The van der Waals surface area contributed by atoms with E-state index < -0.39 is 0 Å². The Kier molecular flexibility index (Phi) is 5.81. The summed E-state index contributed by atoms with van der Waals surface area (Å²) >= 11 is 1.64. The van der Waals surface area contributed by atoms with E-state index in [1.54, 1.807) is 11.3 Å². The van der Waals surface area contributed by atoms with Crippen molar-refractivity contribution >= 4 is 17.2 Å². The van der Waals surface area contributed by atoms with Crippen LogP contribution in [0.1, 0.15) is 47.1 Å². The fraction of sp³-hybridized carbons (Fsp3) is 0.429. The van der Waals surface area contributed by atoms with Crippen LogP contribution in [0.2, 0.25) is 0 Å². The molecule has 1 fully saturated rings. The van der Waals surface area contributed by atoms with Crippen molar-refractivity contribution in [2.45, 2.75) is 45.1 Å². The molecule has 0 saturated carbocycles. The Morgan fingerprint density at radius 3 is 2.89 bits per heavy atom. The fourth-order valence-electron chi connectivity index (χ4n) is 3.86. The lowest BCUT2D eigenvalue weighted by Crippen LogP contribution is -2.39. The van der Waals surface area contributed by atoms with E-state index in [-0.39, 0.29) is 5.91 Å². The molecule has 0 N–H and O–H groups in total. The van der Waals surface area contributed by atoms with Crippen molar-refractivity contribution in [1.29, 1.82) is 0 Å². The number of amides is 1. The van der Waals surface area contributed by atoms with Gasteiger partial charge < -0.3 is 9.47 Å². The van der Waals surface area contributed by atoms with Crippen molar-refractivity contribution in [1.82, 2.24) is 24.4 Å². The Morgan fingerprint density at radius 2 is 2.11 bits per heavy atom. The monoisotopic (exact) mass is 395 g/mol. The number of thiazole rings is 1. The Balaban J connectivity index is 1.39. The van der Waals surface area contributed by atoms with Gasteiger partial charge in [-0.15, -0.1) is 11.3 Å². The van der Waals surface area contributed by atoms with Crippen molar-refractivity contribution in [2.24, 2.45) is 0 Å². The van der Waals surface area contributed by atoms with E-state index >= 15 is 0 Å². The third-order valence-electron chi connectivity index (χ3n) is 5.40. The van der Waals surface area contributed by atoms with Gasteiger partial charge in [0.15, 0.2) is 0 Å². The van der Waals surface area contributed by atoms with Gasteiger partial charge in [-0.3, -0.25) is 9.78 Å². The van der Waals surface area contributed by atoms with Crippen LogP contribution in [0.5, 0.6) is 0 Å². The number of aromatic nitrogens is 4. The minimum absolute atomic E-state index is 0.240. The van der Waals surface area contributed by atoms with Crippen LogP contribution in [0.15, 0.2) is 42.4 Å². The summed E-state index contributed by atoms with van der Waals surface area (Å²) in [5, 5.41) is 0. The number of piperidine rings is 1. The molecule has 1 aliphatic heterocycles. The summed E-state index contributed by atoms with van der Waals surface area (Å²) in [6.07, 6.45) is 11.0. The Hall–Kier alpha value is -2.54. The molecule has 1 saturated heterocycles. The van der Waals surface area contributed by atoms with Crippen molar-refractivity contribution < 1.29 is 4.79 Å². The number of hydrogen-bond acceptors (Lipinski definition) is 5. The number of hydrogen-bond donors (Lipinski definition) is 0. The Labute approximate surface area is 169 Å². The summed E-state index contributed by atoms with van der Waals surface area (Å²) < 4.78 is 2.20. The second-order valence-corrected chi connectivity index (χ2v) is 8.25. The number of carbonyl (C=O) groups excluding carboxylic acids is 1. The summed E-state index contributed by atoms with van der Waals surface area (Å²) in [5.74, 6) is 1.61. The standard InChI is InChI=1S/C21H25N5OS/c1-16-19(28-15-24-16)4-5-20(27)25-11-2-3-18(14-25)21-23-10-12-26(21)13-17-6-8-22-9-7-17/h6-10,12,15,18H,2-5,11,13-14H2,1H3/t18-/m1/s1. The highest BCUT2D eigenvalue weighted by Gasteiger charge is 2.27. The first kappa shape index (κ1) is 18.8. The van der Waals surface area contributed by atoms with Gasteiger partial charge in [0.2, 0.25) is 5.91 Å². The number of carbonyl (C=O) groups is 1. The highest BCUT2D eigenvalue weighted by Crippen LogP contribution is 2.27. The second-order valence-electron chi connectivity index (χ2n) is 7.31. The van der Waals surface area contributed by atoms with Gasteiger partial charge in [0.05, 0.1) is 11.2 Å². The molecule has 7 heteroatoms. The van der Waals surface area contributed by atoms with Crippen LogP contribution >= 0.6 is 11.3 Å². The normalized spacial score (nSPS) is 17.0. The number of likely N-dealkylation sites (tertiary alicyclic amines) is 1. The largest absolute Gasteiger partial charge is 0.342 e. The highest BCUT2D eigenvalue weighted by atomic mass is 32.1. The van der Waals surface area contributed by atoms with Crippen LogP contribution < -0.4 is 0 Å². The topological polar surface area (TPSA) is 63.9 Å². The summed E-state index contributed by atoms with van der Waals surface area (Å²) in [5.41, 5.74) is 4.11. The first-order valence-electron chi connectivity index (χ1n) is 9.77. The fourth-order valence-corrected chi connectivity index (χ4v) is 4.64. The molecule has 0 unspecified atom stereocenters. The van der Waals surface area contributed by atoms with Crippen LogP contribution in [-0.4, -0.2) is 43.4 Å². The van der Waals surface area contributed by atoms with Crippen molar-refractivity contribution in [3.05, 3.63) is 64.4 Å². The predicted octanol–water partition coefficient (Wildman–Crippen LogP) is 3.43. The molecule has 3 aromatic rings. The molecule has 4 heterocycles. The van der Waals surface area contributed by atoms with Crippen molar-refractivity contribution in [3.63, 3.8) is 0 Å². The number of aryl methyl sites for hydroxylation is 2. The predicted molar refractivity (Wildman–Crippen MR) is 109 cm³/mol. The third-order valence-corrected chi connectivity index (χ3v) is 6.39. The number of nitrogens with zero attached hydrogens (tertiary/aromatic N) is 5.